The van der Waals surface area contributed by atoms with Gasteiger partial charge in [0.15, 0.2) is 0 Å². The minimum atomic E-state index is -3.85. The second-order valence-corrected chi connectivity index (χ2v) is 10.3. The minimum Gasteiger partial charge on any atom is -0.254 e. The molecule has 4 rings (SSSR count). The highest BCUT2D eigenvalue weighted by Gasteiger charge is 2.27. The molecule has 4 aromatic rings. The summed E-state index contributed by atoms with van der Waals surface area (Å²) in [5, 5.41) is 5.56. The first-order chi connectivity index (χ1) is 15.3. The summed E-state index contributed by atoms with van der Waals surface area (Å²) in [6, 6.07) is 12.5. The maximum Gasteiger partial charge on any atom is 0.222 e. The first-order valence-electron chi connectivity index (χ1n) is 9.51. The fraction of sp³-hybridized carbons (Fsp3) is 0.143. The van der Waals surface area contributed by atoms with Gasteiger partial charge in [0, 0.05) is 18.0 Å². The summed E-state index contributed by atoms with van der Waals surface area (Å²) in [6.07, 6.45) is 3.52. The van der Waals surface area contributed by atoms with Crippen LogP contribution < -0.4 is 5.14 Å². The van der Waals surface area contributed by atoms with E-state index < -0.39 is 15.3 Å². The second-order valence-electron chi connectivity index (χ2n) is 6.82. The summed E-state index contributed by atoms with van der Waals surface area (Å²) in [6.45, 7) is 1.74. The zero-order valence-electron chi connectivity index (χ0n) is 16.7. The molecule has 0 aliphatic rings. The molecule has 0 bridgehead atoms. The predicted molar refractivity (Wildman–Crippen MR) is 128 cm³/mol. The van der Waals surface area contributed by atoms with E-state index in [4.69, 9.17) is 33.3 Å². The Kier molecular flexibility index (Phi) is 6.55. The first kappa shape index (κ1) is 22.8. The van der Waals surface area contributed by atoms with Crippen LogP contribution in [0.25, 0.3) is 32.5 Å². The lowest BCUT2D eigenvalue weighted by molar-refractivity contribution is 0.581. The third-order valence-electron chi connectivity index (χ3n) is 4.77. The monoisotopic (exact) mass is 505 g/mol. The smallest absolute Gasteiger partial charge is 0.222 e. The molecule has 0 aliphatic heterocycles. The Hall–Kier alpha value is -2.43. The number of sulfonamides is 1. The van der Waals surface area contributed by atoms with Crippen LogP contribution in [0, 0.1) is 0 Å². The summed E-state index contributed by atoms with van der Waals surface area (Å²) < 4.78 is 24.3. The van der Waals surface area contributed by atoms with Crippen LogP contribution in [0.5, 0.6) is 0 Å². The van der Waals surface area contributed by atoms with Crippen molar-refractivity contribution < 1.29 is 8.42 Å². The fourth-order valence-corrected chi connectivity index (χ4v) is 5.95. The summed E-state index contributed by atoms with van der Waals surface area (Å²) in [7, 11) is -3.85. The number of hydrogen-bond donors (Lipinski definition) is 1. The standard InChI is InChI=1S/C21H17Cl2N5O2S2/c1-2-16(32(24,29)30)12-6-5-7-13(17(12)22)18-19(14-9-11-26-21(23)27-14)31-20(28-18)15-8-3-4-10-25-15/h3-11,16H,2H2,1H3,(H2,24,29,30). The summed E-state index contributed by atoms with van der Waals surface area (Å²) in [5.41, 5.74) is 2.79. The van der Waals surface area contributed by atoms with E-state index in [1.807, 2.05) is 18.2 Å². The van der Waals surface area contributed by atoms with Crippen molar-refractivity contribution in [3.8, 4) is 32.5 Å². The van der Waals surface area contributed by atoms with E-state index in [0.29, 0.717) is 38.1 Å². The second kappa shape index (κ2) is 9.21. The van der Waals surface area contributed by atoms with Gasteiger partial charge >= 0.3 is 0 Å². The number of halogens is 2. The molecule has 32 heavy (non-hydrogen) atoms. The average molecular weight is 506 g/mol. The van der Waals surface area contributed by atoms with E-state index in [9.17, 15) is 8.42 Å². The predicted octanol–water partition coefficient (Wildman–Crippen LogP) is 5.38. The molecule has 1 unspecified atom stereocenters. The zero-order valence-corrected chi connectivity index (χ0v) is 19.9. The molecule has 11 heteroatoms. The Morgan fingerprint density at radius 2 is 1.81 bits per heavy atom. The molecule has 0 spiro atoms. The summed E-state index contributed by atoms with van der Waals surface area (Å²) in [4.78, 5) is 18.2. The molecular formula is C21H17Cl2N5O2S2. The molecule has 1 aromatic carbocycles. The SMILES string of the molecule is CCC(c1cccc(-c2nc(-c3ccccn3)sc2-c2ccnc(Cl)n2)c1Cl)S(N)(=O)=O. The first-order valence-corrected chi connectivity index (χ1v) is 12.7. The third-order valence-corrected chi connectivity index (χ3v) is 7.85. The molecule has 0 saturated heterocycles. The maximum atomic E-state index is 12.1. The van der Waals surface area contributed by atoms with Gasteiger partial charge in [0.05, 0.1) is 27.0 Å². The summed E-state index contributed by atoms with van der Waals surface area (Å²) >= 11 is 14.1. The molecule has 0 amide bonds. The number of hydrogen-bond acceptors (Lipinski definition) is 7. The van der Waals surface area contributed by atoms with Crippen LogP contribution >= 0.6 is 34.5 Å². The lowest BCUT2D eigenvalue weighted by Gasteiger charge is -2.16. The number of nitrogens with zero attached hydrogens (tertiary/aromatic N) is 4. The minimum absolute atomic E-state index is 0.0985. The van der Waals surface area contributed by atoms with E-state index in [0.717, 1.165) is 0 Å². The van der Waals surface area contributed by atoms with Crippen LogP contribution in [-0.4, -0.2) is 28.4 Å². The average Bonchev–Trinajstić information content (AvgIpc) is 3.20. The lowest BCUT2D eigenvalue weighted by Crippen LogP contribution is -2.21. The Labute approximate surface area is 199 Å². The molecule has 2 N–H and O–H groups in total. The van der Waals surface area contributed by atoms with Gasteiger partial charge in [-0.2, -0.15) is 0 Å². The molecule has 164 valence electrons. The fourth-order valence-electron chi connectivity index (χ4n) is 3.35. The van der Waals surface area contributed by atoms with Crippen molar-refractivity contribution in [2.45, 2.75) is 18.6 Å². The van der Waals surface area contributed by atoms with Crippen molar-refractivity contribution in [2.75, 3.05) is 0 Å². The zero-order chi connectivity index (χ0) is 22.9. The van der Waals surface area contributed by atoms with Crippen molar-refractivity contribution in [3.63, 3.8) is 0 Å². The Bertz CT molecular complexity index is 1380. The summed E-state index contributed by atoms with van der Waals surface area (Å²) in [5.74, 6) is 0. The van der Waals surface area contributed by atoms with E-state index in [1.165, 1.54) is 11.3 Å². The van der Waals surface area contributed by atoms with E-state index in [1.54, 1.807) is 43.6 Å². The molecule has 0 aliphatic carbocycles. The van der Waals surface area contributed by atoms with Gasteiger partial charge in [0.25, 0.3) is 0 Å². The third kappa shape index (κ3) is 4.53. The van der Waals surface area contributed by atoms with Crippen molar-refractivity contribution in [1.82, 2.24) is 19.9 Å². The number of aromatic nitrogens is 4. The van der Waals surface area contributed by atoms with Gasteiger partial charge in [0.2, 0.25) is 15.3 Å². The molecule has 1 atom stereocenters. The lowest BCUT2D eigenvalue weighted by atomic mass is 10.0. The molecule has 0 fully saturated rings. The number of rotatable bonds is 6. The number of benzene rings is 1. The molecule has 0 saturated carbocycles. The number of primary sulfonamides is 1. The normalized spacial score (nSPS) is 12.6. The largest absolute Gasteiger partial charge is 0.254 e. The van der Waals surface area contributed by atoms with Crippen LogP contribution in [0.2, 0.25) is 10.3 Å². The van der Waals surface area contributed by atoms with Crippen LogP contribution in [-0.2, 0) is 10.0 Å². The van der Waals surface area contributed by atoms with Crippen LogP contribution in [0.1, 0.15) is 24.2 Å². The number of nitrogens with two attached hydrogens (primary N) is 1. The van der Waals surface area contributed by atoms with Crippen molar-refractivity contribution in [2.24, 2.45) is 5.14 Å². The highest BCUT2D eigenvalue weighted by Crippen LogP contribution is 2.44. The van der Waals surface area contributed by atoms with Gasteiger partial charge in [-0.05, 0) is 41.8 Å². The quantitative estimate of drug-likeness (QED) is 0.352. The molecule has 3 heterocycles. The van der Waals surface area contributed by atoms with Crippen molar-refractivity contribution in [3.05, 3.63) is 70.7 Å². The van der Waals surface area contributed by atoms with Crippen molar-refractivity contribution in [1.29, 1.82) is 0 Å². The molecule has 3 aromatic heterocycles. The maximum absolute atomic E-state index is 12.1. The Morgan fingerprint density at radius 1 is 1.00 bits per heavy atom. The topological polar surface area (TPSA) is 112 Å². The highest BCUT2D eigenvalue weighted by molar-refractivity contribution is 7.89. The van der Waals surface area contributed by atoms with Crippen molar-refractivity contribution >= 4 is 44.6 Å². The Balaban J connectivity index is 1.96. The van der Waals surface area contributed by atoms with E-state index >= 15 is 0 Å². The number of thiazole rings is 1. The van der Waals surface area contributed by atoms with Gasteiger partial charge in [-0.1, -0.05) is 42.8 Å². The van der Waals surface area contributed by atoms with Crippen LogP contribution in [0.15, 0.2) is 54.9 Å². The highest BCUT2D eigenvalue weighted by atomic mass is 35.5. The molecular weight excluding hydrogens is 489 g/mol. The molecule has 7 nitrogen and oxygen atoms in total. The number of pyridine rings is 1. The van der Waals surface area contributed by atoms with E-state index in [2.05, 4.69) is 15.0 Å². The molecule has 0 radical (unpaired) electrons. The van der Waals surface area contributed by atoms with Crippen LogP contribution in [0.4, 0.5) is 0 Å². The van der Waals surface area contributed by atoms with Gasteiger partial charge < -0.3 is 0 Å². The van der Waals surface area contributed by atoms with Gasteiger partial charge in [-0.3, -0.25) is 4.98 Å². The van der Waals surface area contributed by atoms with Gasteiger partial charge in [-0.25, -0.2) is 28.5 Å². The van der Waals surface area contributed by atoms with Crippen LogP contribution in [0.3, 0.4) is 0 Å². The van der Waals surface area contributed by atoms with Gasteiger partial charge in [-0.15, -0.1) is 11.3 Å². The Morgan fingerprint density at radius 3 is 2.47 bits per heavy atom. The van der Waals surface area contributed by atoms with E-state index in [-0.39, 0.29) is 16.7 Å². The van der Waals surface area contributed by atoms with Gasteiger partial charge in [0.1, 0.15) is 10.3 Å².